The van der Waals surface area contributed by atoms with Gasteiger partial charge in [-0.2, -0.15) is 0 Å². The van der Waals surface area contributed by atoms with E-state index in [9.17, 15) is 14.9 Å². The molecule has 0 spiro atoms. The molecule has 1 aromatic carbocycles. The van der Waals surface area contributed by atoms with Gasteiger partial charge in [0.2, 0.25) is 0 Å². The van der Waals surface area contributed by atoms with Crippen LogP contribution < -0.4 is 14.8 Å². The molecule has 1 N–H and O–H groups in total. The lowest BCUT2D eigenvalue weighted by Crippen LogP contribution is -2.47. The summed E-state index contributed by atoms with van der Waals surface area (Å²) >= 11 is 0. The molecular weight excluding hydrogens is 314 g/mol. The molecule has 8 nitrogen and oxygen atoms in total. The summed E-state index contributed by atoms with van der Waals surface area (Å²) < 4.78 is 10.3. The van der Waals surface area contributed by atoms with Crippen molar-refractivity contribution in [2.24, 2.45) is 5.92 Å². The summed E-state index contributed by atoms with van der Waals surface area (Å²) in [7, 11) is 2.84. The SMILES string of the molecule is COc1cc(C(=O)N2CCC3NCCC3C2)c([N+](=O)[O-])cc1OC. The van der Waals surface area contributed by atoms with Crippen LogP contribution in [0.1, 0.15) is 23.2 Å². The van der Waals surface area contributed by atoms with Gasteiger partial charge in [-0.15, -0.1) is 0 Å². The van der Waals surface area contributed by atoms with Crippen LogP contribution in [0.2, 0.25) is 0 Å². The van der Waals surface area contributed by atoms with Crippen molar-refractivity contribution in [3.05, 3.63) is 27.8 Å². The summed E-state index contributed by atoms with van der Waals surface area (Å²) in [5, 5.41) is 14.8. The average Bonchev–Trinajstić information content (AvgIpc) is 3.07. The van der Waals surface area contributed by atoms with Crippen LogP contribution >= 0.6 is 0 Å². The fourth-order valence-electron chi connectivity index (χ4n) is 3.59. The maximum absolute atomic E-state index is 12.9. The molecule has 1 aromatic rings. The fraction of sp³-hybridized carbons (Fsp3) is 0.562. The minimum absolute atomic E-state index is 0.0436. The number of nitro groups is 1. The summed E-state index contributed by atoms with van der Waals surface area (Å²) in [5.74, 6) is 0.637. The molecule has 0 saturated carbocycles. The number of carbonyl (C=O) groups excluding carboxylic acids is 1. The number of nitro benzene ring substituents is 1. The molecule has 130 valence electrons. The van der Waals surface area contributed by atoms with Gasteiger partial charge in [0.1, 0.15) is 5.56 Å². The molecule has 0 aliphatic carbocycles. The number of likely N-dealkylation sites (tertiary alicyclic amines) is 1. The Labute approximate surface area is 139 Å². The number of fused-ring (bicyclic) bond motifs is 1. The van der Waals surface area contributed by atoms with Gasteiger partial charge < -0.3 is 19.7 Å². The third-order valence-electron chi connectivity index (χ3n) is 4.87. The fourth-order valence-corrected chi connectivity index (χ4v) is 3.59. The molecule has 8 heteroatoms. The minimum Gasteiger partial charge on any atom is -0.493 e. The summed E-state index contributed by atoms with van der Waals surface area (Å²) in [6.07, 6.45) is 1.90. The highest BCUT2D eigenvalue weighted by atomic mass is 16.6. The van der Waals surface area contributed by atoms with Crippen molar-refractivity contribution in [2.75, 3.05) is 33.9 Å². The van der Waals surface area contributed by atoms with Crippen LogP contribution in [-0.4, -0.2) is 55.6 Å². The summed E-state index contributed by atoms with van der Waals surface area (Å²) in [6.45, 7) is 2.19. The van der Waals surface area contributed by atoms with Gasteiger partial charge in [0.15, 0.2) is 11.5 Å². The number of piperidine rings is 1. The molecule has 2 aliphatic heterocycles. The van der Waals surface area contributed by atoms with Crippen molar-refractivity contribution in [1.29, 1.82) is 0 Å². The highest BCUT2D eigenvalue weighted by Crippen LogP contribution is 2.36. The molecule has 2 saturated heterocycles. The third kappa shape index (κ3) is 2.89. The lowest BCUT2D eigenvalue weighted by atomic mass is 9.93. The van der Waals surface area contributed by atoms with Crippen molar-refractivity contribution in [2.45, 2.75) is 18.9 Å². The maximum atomic E-state index is 12.9. The zero-order chi connectivity index (χ0) is 17.3. The molecule has 0 aromatic heterocycles. The Morgan fingerprint density at radius 1 is 1.29 bits per heavy atom. The number of amides is 1. The molecule has 2 heterocycles. The van der Waals surface area contributed by atoms with E-state index >= 15 is 0 Å². The first-order chi connectivity index (χ1) is 11.5. The highest BCUT2D eigenvalue weighted by Gasteiger charge is 2.36. The first-order valence-electron chi connectivity index (χ1n) is 7.98. The Bertz CT molecular complexity index is 663. The highest BCUT2D eigenvalue weighted by molar-refractivity contribution is 5.99. The van der Waals surface area contributed by atoms with Gasteiger partial charge in [-0.05, 0) is 25.3 Å². The van der Waals surface area contributed by atoms with E-state index < -0.39 is 4.92 Å². The summed E-state index contributed by atoms with van der Waals surface area (Å²) in [4.78, 5) is 25.4. The third-order valence-corrected chi connectivity index (χ3v) is 4.87. The lowest BCUT2D eigenvalue weighted by Gasteiger charge is -2.34. The zero-order valence-electron chi connectivity index (χ0n) is 13.8. The maximum Gasteiger partial charge on any atom is 0.286 e. The van der Waals surface area contributed by atoms with Crippen LogP contribution in [0.5, 0.6) is 11.5 Å². The van der Waals surface area contributed by atoms with Crippen molar-refractivity contribution >= 4 is 11.6 Å². The minimum atomic E-state index is -0.556. The van der Waals surface area contributed by atoms with Crippen LogP contribution in [0, 0.1) is 16.0 Å². The largest absolute Gasteiger partial charge is 0.493 e. The Kier molecular flexibility index (Phi) is 4.57. The normalized spacial score (nSPS) is 22.8. The molecule has 3 rings (SSSR count). The number of carbonyl (C=O) groups is 1. The standard InChI is InChI=1S/C16H21N3O5/c1-23-14-7-11(13(19(21)22)8-15(14)24-2)16(20)18-6-4-12-10(9-18)3-5-17-12/h7-8,10,12,17H,3-6,9H2,1-2H3. The van der Waals surface area contributed by atoms with E-state index in [2.05, 4.69) is 5.32 Å². The molecule has 2 fully saturated rings. The smallest absolute Gasteiger partial charge is 0.286 e. The molecule has 2 aliphatic rings. The molecule has 2 atom stereocenters. The zero-order valence-corrected chi connectivity index (χ0v) is 13.8. The Morgan fingerprint density at radius 3 is 2.67 bits per heavy atom. The Hall–Kier alpha value is -2.35. The number of nitrogens with one attached hydrogen (secondary N) is 1. The number of hydrogen-bond donors (Lipinski definition) is 1. The number of benzene rings is 1. The molecule has 2 unspecified atom stereocenters. The second kappa shape index (κ2) is 6.64. The first kappa shape index (κ1) is 16.5. The number of nitrogens with zero attached hydrogens (tertiary/aromatic N) is 2. The average molecular weight is 335 g/mol. The molecular formula is C16H21N3O5. The van der Waals surface area contributed by atoms with Crippen LogP contribution in [0.15, 0.2) is 12.1 Å². The van der Waals surface area contributed by atoms with Crippen LogP contribution in [0.3, 0.4) is 0 Å². The molecule has 0 radical (unpaired) electrons. The second-order valence-corrected chi connectivity index (χ2v) is 6.13. The summed E-state index contributed by atoms with van der Waals surface area (Å²) in [6, 6.07) is 3.10. The second-order valence-electron chi connectivity index (χ2n) is 6.13. The van der Waals surface area contributed by atoms with E-state index in [1.165, 1.54) is 26.4 Å². The molecule has 1 amide bonds. The van der Waals surface area contributed by atoms with Crippen molar-refractivity contribution in [3.63, 3.8) is 0 Å². The topological polar surface area (TPSA) is 93.9 Å². The van der Waals surface area contributed by atoms with Gasteiger partial charge in [0.05, 0.1) is 25.2 Å². The van der Waals surface area contributed by atoms with Gasteiger partial charge in [0, 0.05) is 25.2 Å². The van der Waals surface area contributed by atoms with E-state index in [1.807, 2.05) is 0 Å². The lowest BCUT2D eigenvalue weighted by molar-refractivity contribution is -0.385. The van der Waals surface area contributed by atoms with Crippen molar-refractivity contribution in [3.8, 4) is 11.5 Å². The van der Waals surface area contributed by atoms with Crippen molar-refractivity contribution in [1.82, 2.24) is 10.2 Å². The van der Waals surface area contributed by atoms with Crippen LogP contribution in [0.25, 0.3) is 0 Å². The number of hydrogen-bond acceptors (Lipinski definition) is 6. The summed E-state index contributed by atoms with van der Waals surface area (Å²) in [5.41, 5.74) is -0.216. The van der Waals surface area contributed by atoms with Crippen molar-refractivity contribution < 1.29 is 19.2 Å². The quantitative estimate of drug-likeness (QED) is 0.661. The van der Waals surface area contributed by atoms with E-state index in [-0.39, 0.29) is 22.9 Å². The van der Waals surface area contributed by atoms with Gasteiger partial charge >= 0.3 is 0 Å². The first-order valence-corrected chi connectivity index (χ1v) is 7.98. The number of methoxy groups -OCH3 is 2. The molecule has 0 bridgehead atoms. The van der Waals surface area contributed by atoms with Gasteiger partial charge in [-0.1, -0.05) is 0 Å². The monoisotopic (exact) mass is 335 g/mol. The van der Waals surface area contributed by atoms with Crippen LogP contribution in [-0.2, 0) is 0 Å². The van der Waals surface area contributed by atoms with E-state index in [4.69, 9.17) is 9.47 Å². The number of ether oxygens (including phenoxy) is 2. The predicted octanol–water partition coefficient (Wildman–Crippen LogP) is 1.44. The van der Waals surface area contributed by atoms with Gasteiger partial charge in [-0.25, -0.2) is 0 Å². The van der Waals surface area contributed by atoms with Crippen LogP contribution in [0.4, 0.5) is 5.69 Å². The Morgan fingerprint density at radius 2 is 2.00 bits per heavy atom. The van der Waals surface area contributed by atoms with Gasteiger partial charge in [-0.3, -0.25) is 14.9 Å². The van der Waals surface area contributed by atoms with E-state index in [1.54, 1.807) is 4.90 Å². The molecule has 24 heavy (non-hydrogen) atoms. The Balaban J connectivity index is 1.92. The van der Waals surface area contributed by atoms with E-state index in [0.717, 1.165) is 19.4 Å². The van der Waals surface area contributed by atoms with Gasteiger partial charge in [0.25, 0.3) is 11.6 Å². The predicted molar refractivity (Wildman–Crippen MR) is 86.6 cm³/mol. The number of rotatable bonds is 4. The van der Waals surface area contributed by atoms with E-state index in [0.29, 0.717) is 30.8 Å².